The molecule has 0 aliphatic carbocycles. The summed E-state index contributed by atoms with van der Waals surface area (Å²) in [5, 5.41) is 10.1. The minimum atomic E-state index is -0.590. The lowest BCUT2D eigenvalue weighted by Gasteiger charge is -2.21. The summed E-state index contributed by atoms with van der Waals surface area (Å²) in [5.41, 5.74) is -0.590. The third-order valence-corrected chi connectivity index (χ3v) is 2.00. The molecule has 64 valence electrons. The molecule has 0 aromatic heterocycles. The highest BCUT2D eigenvalue weighted by Crippen LogP contribution is 2.23. The molecule has 4 heteroatoms. The van der Waals surface area contributed by atoms with E-state index >= 15 is 0 Å². The topological polar surface area (TPSA) is 60.2 Å². The molecule has 0 spiro atoms. The maximum Gasteiger partial charge on any atom is 0.207 e. The second kappa shape index (κ2) is 3.46. The Hall–Kier alpha value is -0.930. The van der Waals surface area contributed by atoms with Crippen molar-refractivity contribution in [3.05, 3.63) is 10.1 Å². The van der Waals surface area contributed by atoms with E-state index in [-0.39, 0.29) is 12.5 Å². The second-order valence-corrected chi connectivity index (χ2v) is 3.36. The monoisotopic (exact) mass is 159 g/mol. The number of hydrogen-bond donors (Lipinski definition) is 0. The molecular weight excluding hydrogens is 146 g/mol. The van der Waals surface area contributed by atoms with E-state index in [1.165, 1.54) is 0 Å². The largest absolute Gasteiger partial charge is 0.303 e. The van der Waals surface area contributed by atoms with Crippen molar-refractivity contribution in [2.45, 2.75) is 20.8 Å². The van der Waals surface area contributed by atoms with Crippen molar-refractivity contribution >= 4 is 6.29 Å². The molecule has 0 fully saturated rings. The predicted octanol–water partition coefficient (Wildman–Crippen LogP) is 1.12. The van der Waals surface area contributed by atoms with Crippen molar-refractivity contribution in [3.63, 3.8) is 0 Å². The molecule has 0 saturated carbocycles. The van der Waals surface area contributed by atoms with Gasteiger partial charge < -0.3 is 4.79 Å². The zero-order chi connectivity index (χ0) is 9.07. The number of nitrogens with zero attached hydrogens (tertiary/aromatic N) is 1. The van der Waals surface area contributed by atoms with Crippen LogP contribution in [-0.4, -0.2) is 17.8 Å². The van der Waals surface area contributed by atoms with Crippen LogP contribution in [0.1, 0.15) is 20.8 Å². The number of carbonyl (C=O) groups excluding carboxylic acids is 1. The first kappa shape index (κ1) is 10.1. The first-order chi connectivity index (χ1) is 4.90. The summed E-state index contributed by atoms with van der Waals surface area (Å²) < 4.78 is 0. The molecule has 11 heavy (non-hydrogen) atoms. The Morgan fingerprint density at radius 1 is 1.64 bits per heavy atom. The Kier molecular flexibility index (Phi) is 3.17. The highest BCUT2D eigenvalue weighted by atomic mass is 16.6. The molecule has 1 atom stereocenters. The molecule has 0 N–H and O–H groups in total. The van der Waals surface area contributed by atoms with E-state index in [1.807, 2.05) is 0 Å². The number of aldehydes is 1. The summed E-state index contributed by atoms with van der Waals surface area (Å²) in [6.07, 6.45) is 0.765. The molecule has 4 nitrogen and oxygen atoms in total. The molecule has 0 saturated heterocycles. The molecule has 0 aromatic carbocycles. The van der Waals surface area contributed by atoms with E-state index in [9.17, 15) is 14.9 Å². The fourth-order valence-electron chi connectivity index (χ4n) is 0.575. The van der Waals surface area contributed by atoms with Gasteiger partial charge in [-0.2, -0.15) is 0 Å². The summed E-state index contributed by atoms with van der Waals surface area (Å²) in [4.78, 5) is 20.1. The summed E-state index contributed by atoms with van der Waals surface area (Å²) in [7, 11) is 0. The Bertz CT molecular complexity index is 165. The smallest absolute Gasteiger partial charge is 0.207 e. The van der Waals surface area contributed by atoms with Crippen LogP contribution in [0.4, 0.5) is 0 Å². The van der Waals surface area contributed by atoms with Crippen molar-refractivity contribution in [2.24, 2.45) is 11.3 Å². The lowest BCUT2D eigenvalue weighted by molar-refractivity contribution is -0.490. The average molecular weight is 159 g/mol. The molecule has 0 aromatic rings. The number of rotatable bonds is 4. The Labute approximate surface area is 65.7 Å². The van der Waals surface area contributed by atoms with Gasteiger partial charge in [0.05, 0.1) is 0 Å². The van der Waals surface area contributed by atoms with Gasteiger partial charge in [0.1, 0.15) is 6.29 Å². The molecule has 0 amide bonds. The van der Waals surface area contributed by atoms with Gasteiger partial charge in [0.2, 0.25) is 6.54 Å². The van der Waals surface area contributed by atoms with Gasteiger partial charge in [0, 0.05) is 16.3 Å². The molecule has 0 aliphatic heterocycles. The van der Waals surface area contributed by atoms with Crippen LogP contribution in [0.3, 0.4) is 0 Å². The maximum absolute atomic E-state index is 10.4. The van der Waals surface area contributed by atoms with Gasteiger partial charge in [-0.15, -0.1) is 0 Å². The van der Waals surface area contributed by atoms with Gasteiger partial charge in [-0.25, -0.2) is 0 Å². The number of nitro groups is 1. The van der Waals surface area contributed by atoms with E-state index in [4.69, 9.17) is 0 Å². The lowest BCUT2D eigenvalue weighted by Crippen LogP contribution is -2.28. The van der Waals surface area contributed by atoms with Gasteiger partial charge in [0.15, 0.2) is 0 Å². The number of carbonyl (C=O) groups is 1. The molecular formula is C7H13NO3. The van der Waals surface area contributed by atoms with Crippen LogP contribution in [0.5, 0.6) is 0 Å². The SMILES string of the molecule is CC(C[N+](=O)[O-])C(C)(C)C=O. The van der Waals surface area contributed by atoms with Crippen LogP contribution < -0.4 is 0 Å². The van der Waals surface area contributed by atoms with Crippen LogP contribution in [0.2, 0.25) is 0 Å². The van der Waals surface area contributed by atoms with E-state index in [0.717, 1.165) is 6.29 Å². The van der Waals surface area contributed by atoms with Gasteiger partial charge >= 0.3 is 0 Å². The minimum Gasteiger partial charge on any atom is -0.303 e. The van der Waals surface area contributed by atoms with Gasteiger partial charge in [-0.3, -0.25) is 10.1 Å². The number of hydrogen-bond acceptors (Lipinski definition) is 3. The maximum atomic E-state index is 10.4. The van der Waals surface area contributed by atoms with E-state index in [2.05, 4.69) is 0 Å². The van der Waals surface area contributed by atoms with Crippen LogP contribution in [-0.2, 0) is 4.79 Å². The summed E-state index contributed by atoms with van der Waals surface area (Å²) in [5.74, 6) is -0.213. The van der Waals surface area contributed by atoms with Crippen molar-refractivity contribution in [2.75, 3.05) is 6.54 Å². The summed E-state index contributed by atoms with van der Waals surface area (Å²) in [6.45, 7) is 4.96. The predicted molar refractivity (Wildman–Crippen MR) is 40.9 cm³/mol. The minimum absolute atomic E-state index is 0.147. The lowest BCUT2D eigenvalue weighted by atomic mass is 9.82. The zero-order valence-corrected chi connectivity index (χ0v) is 7.03. The third kappa shape index (κ3) is 3.11. The van der Waals surface area contributed by atoms with Gasteiger partial charge in [0.25, 0.3) is 0 Å². The molecule has 0 rings (SSSR count). The van der Waals surface area contributed by atoms with Crippen LogP contribution >= 0.6 is 0 Å². The fraction of sp³-hybridized carbons (Fsp3) is 0.857. The van der Waals surface area contributed by atoms with Crippen LogP contribution in [0.25, 0.3) is 0 Å². The van der Waals surface area contributed by atoms with Crippen molar-refractivity contribution in [3.8, 4) is 0 Å². The second-order valence-electron chi connectivity index (χ2n) is 3.36. The molecule has 1 unspecified atom stereocenters. The Balaban J connectivity index is 4.11. The van der Waals surface area contributed by atoms with E-state index in [0.29, 0.717) is 0 Å². The van der Waals surface area contributed by atoms with Crippen LogP contribution in [0, 0.1) is 21.4 Å². The molecule has 0 aliphatic rings. The van der Waals surface area contributed by atoms with Crippen LogP contribution in [0.15, 0.2) is 0 Å². The molecule has 0 radical (unpaired) electrons. The standard InChI is InChI=1S/C7H13NO3/c1-6(4-8(10)11)7(2,3)5-9/h5-6H,4H2,1-3H3. The highest BCUT2D eigenvalue weighted by Gasteiger charge is 2.28. The average Bonchev–Trinajstić information content (AvgIpc) is 1.86. The summed E-state index contributed by atoms with van der Waals surface area (Å²) in [6, 6.07) is 0. The van der Waals surface area contributed by atoms with E-state index < -0.39 is 10.3 Å². The third-order valence-electron chi connectivity index (χ3n) is 2.00. The first-order valence-electron chi connectivity index (χ1n) is 3.48. The summed E-state index contributed by atoms with van der Waals surface area (Å²) >= 11 is 0. The normalized spacial score (nSPS) is 14.1. The van der Waals surface area contributed by atoms with Crippen molar-refractivity contribution < 1.29 is 9.72 Å². The van der Waals surface area contributed by atoms with Gasteiger partial charge in [-0.05, 0) is 0 Å². The van der Waals surface area contributed by atoms with Crippen molar-refractivity contribution in [1.82, 2.24) is 0 Å². The first-order valence-corrected chi connectivity index (χ1v) is 3.48. The zero-order valence-electron chi connectivity index (χ0n) is 7.03. The van der Waals surface area contributed by atoms with E-state index in [1.54, 1.807) is 20.8 Å². The Morgan fingerprint density at radius 2 is 2.09 bits per heavy atom. The highest BCUT2D eigenvalue weighted by molar-refractivity contribution is 5.58. The fourth-order valence-corrected chi connectivity index (χ4v) is 0.575. The van der Waals surface area contributed by atoms with Crippen molar-refractivity contribution in [1.29, 1.82) is 0 Å². The quantitative estimate of drug-likeness (QED) is 0.351. The molecule has 0 bridgehead atoms. The van der Waals surface area contributed by atoms with Gasteiger partial charge in [-0.1, -0.05) is 20.8 Å². The molecule has 0 heterocycles. The Morgan fingerprint density at radius 3 is 2.36 bits per heavy atom.